The van der Waals surface area contributed by atoms with Gasteiger partial charge in [0.25, 0.3) is 0 Å². The molecule has 6 nitrogen and oxygen atoms in total. The SMILES string of the molecule is CCCCCCCC=C=CCCCCCCCC(CC(O)[C@@H](C(=O)OC(C)(C)C)[S+]([O-])c1ccc(C)cc1)OC1CCCCO1. The molecule has 0 aliphatic carbocycles. The Morgan fingerprint density at radius 3 is 2.24 bits per heavy atom. The molecule has 1 heterocycles. The van der Waals surface area contributed by atoms with Crippen molar-refractivity contribution < 1.29 is 28.7 Å². The number of aliphatic hydroxyl groups is 1. The van der Waals surface area contributed by atoms with Gasteiger partial charge in [0.15, 0.2) is 11.2 Å². The van der Waals surface area contributed by atoms with Gasteiger partial charge in [0.05, 0.1) is 6.10 Å². The second-order valence-electron chi connectivity index (χ2n) is 13.5. The van der Waals surface area contributed by atoms with Crippen molar-refractivity contribution >= 4 is 17.1 Å². The molecule has 5 atom stereocenters. The number of aryl methyl sites for hydroxylation is 1. The average molecular weight is 647 g/mol. The van der Waals surface area contributed by atoms with E-state index in [-0.39, 0.29) is 18.8 Å². The summed E-state index contributed by atoms with van der Waals surface area (Å²) in [6.07, 6.45) is 20.6. The molecule has 1 aliphatic rings. The highest BCUT2D eigenvalue weighted by Crippen LogP contribution is 2.27. The van der Waals surface area contributed by atoms with Crippen LogP contribution in [0.4, 0.5) is 0 Å². The highest BCUT2D eigenvalue weighted by Gasteiger charge is 2.43. The minimum Gasteiger partial charge on any atom is -0.611 e. The lowest BCUT2D eigenvalue weighted by Gasteiger charge is -2.32. The zero-order valence-electron chi connectivity index (χ0n) is 28.9. The van der Waals surface area contributed by atoms with Gasteiger partial charge < -0.3 is 23.9 Å². The number of allylic oxidation sites excluding steroid dienone is 1. The zero-order chi connectivity index (χ0) is 32.9. The predicted octanol–water partition coefficient (Wildman–Crippen LogP) is 9.28. The molecule has 1 aromatic rings. The second-order valence-corrected chi connectivity index (χ2v) is 15.1. The molecule has 1 fully saturated rings. The highest BCUT2D eigenvalue weighted by atomic mass is 32.2. The van der Waals surface area contributed by atoms with Crippen LogP contribution < -0.4 is 0 Å². The van der Waals surface area contributed by atoms with E-state index in [9.17, 15) is 14.5 Å². The maximum absolute atomic E-state index is 13.7. The number of aliphatic hydroxyl groups excluding tert-OH is 1. The van der Waals surface area contributed by atoms with Crippen molar-refractivity contribution in [1.29, 1.82) is 0 Å². The summed E-state index contributed by atoms with van der Waals surface area (Å²) in [6.45, 7) is 10.2. The summed E-state index contributed by atoms with van der Waals surface area (Å²) in [7, 11) is 0. The molecule has 4 unspecified atom stereocenters. The molecule has 2 rings (SSSR count). The number of carbonyl (C=O) groups excluding carboxylic acids is 1. The molecule has 1 saturated heterocycles. The summed E-state index contributed by atoms with van der Waals surface area (Å²) in [5, 5.41) is 10.2. The Balaban J connectivity index is 1.91. The summed E-state index contributed by atoms with van der Waals surface area (Å²) in [6, 6.07) is 7.23. The van der Waals surface area contributed by atoms with Crippen LogP contribution in [0.1, 0.15) is 142 Å². The first-order valence-corrected chi connectivity index (χ1v) is 18.9. The standard InChI is InChI=1S/C38H62O6S/c1-6-7-8-9-10-11-12-13-14-15-16-17-18-19-20-23-32(43-35-24-21-22-29-42-35)30-34(39)36(37(40)44-38(3,4)5)45(41)33-27-25-31(2)26-28-33/h12,14,25-28,32,34-36,39H,6-11,15-24,29-30H2,1-5H3/t13?,32?,34?,35?,36-,45?/m0/s1. The Labute approximate surface area is 277 Å². The number of unbranched alkanes of at least 4 members (excludes halogenated alkanes) is 10. The van der Waals surface area contributed by atoms with Crippen LogP contribution in [-0.2, 0) is 30.2 Å². The number of ether oxygens (including phenoxy) is 3. The minimum atomic E-state index is -1.79. The summed E-state index contributed by atoms with van der Waals surface area (Å²) >= 11 is -1.79. The number of hydrogen-bond acceptors (Lipinski definition) is 6. The van der Waals surface area contributed by atoms with Crippen molar-refractivity contribution in [1.82, 2.24) is 0 Å². The van der Waals surface area contributed by atoms with Crippen LogP contribution in [0.2, 0.25) is 0 Å². The van der Waals surface area contributed by atoms with Gasteiger partial charge in [0.2, 0.25) is 5.25 Å². The molecular weight excluding hydrogens is 584 g/mol. The number of esters is 1. The van der Waals surface area contributed by atoms with E-state index in [0.29, 0.717) is 11.5 Å². The van der Waals surface area contributed by atoms with Gasteiger partial charge in [-0.25, -0.2) is 4.79 Å². The summed E-state index contributed by atoms with van der Waals surface area (Å²) in [5.41, 5.74) is 3.61. The third-order valence-electron chi connectivity index (χ3n) is 8.02. The van der Waals surface area contributed by atoms with Crippen molar-refractivity contribution in [3.8, 4) is 0 Å². The topological polar surface area (TPSA) is 88.1 Å². The second kappa shape index (κ2) is 22.8. The minimum absolute atomic E-state index is 0.192. The first-order chi connectivity index (χ1) is 21.6. The van der Waals surface area contributed by atoms with E-state index >= 15 is 0 Å². The van der Waals surface area contributed by atoms with E-state index in [1.165, 1.54) is 38.5 Å². The molecule has 0 bridgehead atoms. The van der Waals surface area contributed by atoms with Crippen molar-refractivity contribution in [3.63, 3.8) is 0 Å². The van der Waals surface area contributed by atoms with Gasteiger partial charge in [0.1, 0.15) is 11.7 Å². The maximum Gasteiger partial charge on any atom is 0.363 e. The van der Waals surface area contributed by atoms with Crippen molar-refractivity contribution in [2.75, 3.05) is 6.61 Å². The summed E-state index contributed by atoms with van der Waals surface area (Å²) in [4.78, 5) is 13.8. The normalized spacial score (nSPS) is 18.0. The van der Waals surface area contributed by atoms with Crippen molar-refractivity contribution in [2.24, 2.45) is 0 Å². The fourth-order valence-corrected chi connectivity index (χ4v) is 6.80. The molecule has 1 N–H and O–H groups in total. The third kappa shape index (κ3) is 17.8. The van der Waals surface area contributed by atoms with Gasteiger partial charge in [-0.2, -0.15) is 0 Å². The van der Waals surface area contributed by atoms with E-state index in [1.807, 2.05) is 19.1 Å². The van der Waals surface area contributed by atoms with E-state index < -0.39 is 34.1 Å². The van der Waals surface area contributed by atoms with Gasteiger partial charge >= 0.3 is 5.97 Å². The van der Waals surface area contributed by atoms with E-state index in [4.69, 9.17) is 14.2 Å². The Morgan fingerprint density at radius 2 is 1.64 bits per heavy atom. The monoisotopic (exact) mass is 646 g/mol. The summed E-state index contributed by atoms with van der Waals surface area (Å²) < 4.78 is 31.5. The van der Waals surface area contributed by atoms with Crippen molar-refractivity contribution in [3.05, 3.63) is 47.7 Å². The fraction of sp³-hybridized carbons (Fsp3) is 0.737. The number of benzene rings is 1. The molecule has 0 spiro atoms. The van der Waals surface area contributed by atoms with Crippen LogP contribution in [0.15, 0.2) is 47.0 Å². The van der Waals surface area contributed by atoms with Crippen LogP contribution in [0.3, 0.4) is 0 Å². The lowest BCUT2D eigenvalue weighted by molar-refractivity contribution is -0.194. The molecule has 0 saturated carbocycles. The molecule has 45 heavy (non-hydrogen) atoms. The molecule has 0 radical (unpaired) electrons. The largest absolute Gasteiger partial charge is 0.611 e. The van der Waals surface area contributed by atoms with Crippen LogP contribution in [0.25, 0.3) is 0 Å². The molecule has 0 aromatic heterocycles. The maximum atomic E-state index is 13.7. The smallest absolute Gasteiger partial charge is 0.363 e. The van der Waals surface area contributed by atoms with E-state index in [2.05, 4.69) is 24.8 Å². The number of hydrogen-bond donors (Lipinski definition) is 1. The lowest BCUT2D eigenvalue weighted by Crippen LogP contribution is -2.46. The number of rotatable bonds is 22. The van der Waals surface area contributed by atoms with Gasteiger partial charge in [-0.3, -0.25) is 0 Å². The first kappa shape index (κ1) is 39.6. The van der Waals surface area contributed by atoms with E-state index in [0.717, 1.165) is 69.8 Å². The molecule has 1 aromatic carbocycles. The van der Waals surface area contributed by atoms with Gasteiger partial charge in [-0.15, -0.1) is 5.73 Å². The van der Waals surface area contributed by atoms with Crippen LogP contribution in [0.5, 0.6) is 0 Å². The molecule has 7 heteroatoms. The zero-order valence-corrected chi connectivity index (χ0v) is 29.7. The van der Waals surface area contributed by atoms with Gasteiger partial charge in [0, 0.05) is 24.2 Å². The quantitative estimate of drug-likeness (QED) is 0.0585. The third-order valence-corrected chi connectivity index (χ3v) is 9.73. The predicted molar refractivity (Wildman–Crippen MR) is 185 cm³/mol. The Morgan fingerprint density at radius 1 is 1.02 bits per heavy atom. The van der Waals surface area contributed by atoms with Crippen LogP contribution in [-0.4, -0.2) is 51.6 Å². The molecule has 0 amide bonds. The molecular formula is C38H62O6S. The Bertz CT molecular complexity index is 975. The average Bonchev–Trinajstić information content (AvgIpc) is 2.99. The number of carbonyl (C=O) groups is 1. The van der Waals surface area contributed by atoms with Crippen LogP contribution in [0, 0.1) is 6.92 Å². The summed E-state index contributed by atoms with van der Waals surface area (Å²) in [5.74, 6) is -0.655. The van der Waals surface area contributed by atoms with Gasteiger partial charge in [-0.05, 0) is 103 Å². The van der Waals surface area contributed by atoms with Crippen LogP contribution >= 0.6 is 0 Å². The molecule has 256 valence electrons. The highest BCUT2D eigenvalue weighted by molar-refractivity contribution is 7.92. The first-order valence-electron chi connectivity index (χ1n) is 17.7. The molecule has 1 aliphatic heterocycles. The Hall–Kier alpha value is -1.60. The van der Waals surface area contributed by atoms with Gasteiger partial charge in [-0.1, -0.05) is 76.0 Å². The lowest BCUT2D eigenvalue weighted by atomic mass is 10.0. The van der Waals surface area contributed by atoms with Crippen molar-refractivity contribution in [2.45, 2.75) is 178 Å². The van der Waals surface area contributed by atoms with E-state index in [1.54, 1.807) is 32.9 Å². The Kier molecular flexibility index (Phi) is 20.1. The fourth-order valence-electron chi connectivity index (χ4n) is 5.48.